The number of thiazole rings is 1. The minimum atomic E-state index is -0.519. The Morgan fingerprint density at radius 3 is 2.64 bits per heavy atom. The molecule has 0 saturated heterocycles. The second kappa shape index (κ2) is 7.21. The number of non-ortho nitro benzene ring substituents is 1. The van der Waals surface area contributed by atoms with Gasteiger partial charge >= 0.3 is 0 Å². The van der Waals surface area contributed by atoms with E-state index >= 15 is 0 Å². The topological polar surface area (TPSA) is 85.1 Å². The normalized spacial score (nSPS) is 10.8. The fourth-order valence-electron chi connectivity index (χ4n) is 2.89. The molecular weight excluding hydrogens is 374 g/mol. The van der Waals surface area contributed by atoms with Gasteiger partial charge in [0.15, 0.2) is 0 Å². The van der Waals surface area contributed by atoms with E-state index in [-0.39, 0.29) is 17.2 Å². The maximum absolute atomic E-state index is 12.5. The number of para-hydroxylation sites is 1. The van der Waals surface area contributed by atoms with E-state index in [9.17, 15) is 14.9 Å². The number of aromatic nitrogens is 1. The molecular formula is C21H15N3O3S. The number of nitrogens with zero attached hydrogens (tertiary/aromatic N) is 2. The third-order valence-electron chi connectivity index (χ3n) is 4.33. The quantitative estimate of drug-likeness (QED) is 0.372. The lowest BCUT2D eigenvalue weighted by atomic mass is 10.1. The Bertz CT molecular complexity index is 1180. The predicted octanol–water partition coefficient (Wildman–Crippen LogP) is 5.43. The largest absolute Gasteiger partial charge is 0.322 e. The minimum Gasteiger partial charge on any atom is -0.322 e. The minimum absolute atomic E-state index is 0.115. The number of amides is 1. The van der Waals surface area contributed by atoms with Crippen molar-refractivity contribution in [3.8, 4) is 10.6 Å². The zero-order valence-electron chi connectivity index (χ0n) is 14.9. The smallest absolute Gasteiger partial charge is 0.270 e. The molecule has 0 aliphatic rings. The lowest BCUT2D eigenvalue weighted by Crippen LogP contribution is -2.13. The molecule has 1 aromatic heterocycles. The summed E-state index contributed by atoms with van der Waals surface area (Å²) in [5.41, 5.74) is 3.60. The molecule has 6 nitrogen and oxygen atoms in total. The van der Waals surface area contributed by atoms with Gasteiger partial charge in [0.05, 0.1) is 15.1 Å². The Hall–Kier alpha value is -3.58. The molecule has 1 N–H and O–H groups in total. The van der Waals surface area contributed by atoms with Crippen LogP contribution >= 0.6 is 11.3 Å². The second-order valence-electron chi connectivity index (χ2n) is 6.28. The summed E-state index contributed by atoms with van der Waals surface area (Å²) >= 11 is 1.62. The van der Waals surface area contributed by atoms with E-state index < -0.39 is 4.92 Å². The fraction of sp³-hybridized carbons (Fsp3) is 0.0476. The number of anilines is 1. The molecule has 138 valence electrons. The highest BCUT2D eigenvalue weighted by Crippen LogP contribution is 2.32. The third-order valence-corrected chi connectivity index (χ3v) is 5.42. The van der Waals surface area contributed by atoms with Crippen LogP contribution < -0.4 is 5.32 Å². The maximum Gasteiger partial charge on any atom is 0.270 e. The average molecular weight is 389 g/mol. The lowest BCUT2D eigenvalue weighted by molar-refractivity contribution is -0.384. The number of carbonyl (C=O) groups is 1. The first-order chi connectivity index (χ1) is 13.5. The van der Waals surface area contributed by atoms with Crippen LogP contribution in [0.4, 0.5) is 11.4 Å². The highest BCUT2D eigenvalue weighted by Gasteiger charge is 2.13. The summed E-state index contributed by atoms with van der Waals surface area (Å²) in [5.74, 6) is -0.389. The van der Waals surface area contributed by atoms with Gasteiger partial charge in [-0.1, -0.05) is 18.2 Å². The molecule has 1 amide bonds. The van der Waals surface area contributed by atoms with Gasteiger partial charge in [0.2, 0.25) is 0 Å². The van der Waals surface area contributed by atoms with Gasteiger partial charge in [0.1, 0.15) is 5.01 Å². The predicted molar refractivity (Wildman–Crippen MR) is 111 cm³/mol. The summed E-state index contributed by atoms with van der Waals surface area (Å²) < 4.78 is 1.12. The van der Waals surface area contributed by atoms with Gasteiger partial charge in [-0.25, -0.2) is 4.98 Å². The Morgan fingerprint density at radius 1 is 1.07 bits per heavy atom. The van der Waals surface area contributed by atoms with Crippen molar-refractivity contribution in [2.45, 2.75) is 6.92 Å². The molecule has 1 heterocycles. The Morgan fingerprint density at radius 2 is 1.89 bits per heavy atom. The summed E-state index contributed by atoms with van der Waals surface area (Å²) in [6.07, 6.45) is 0. The Labute approximate surface area is 164 Å². The second-order valence-corrected chi connectivity index (χ2v) is 7.31. The van der Waals surface area contributed by atoms with E-state index in [2.05, 4.69) is 10.3 Å². The van der Waals surface area contributed by atoms with E-state index in [4.69, 9.17) is 0 Å². The van der Waals surface area contributed by atoms with Crippen LogP contribution in [0.25, 0.3) is 20.8 Å². The zero-order valence-corrected chi connectivity index (χ0v) is 15.7. The molecule has 0 aliphatic carbocycles. The van der Waals surface area contributed by atoms with Crippen LogP contribution in [0.15, 0.2) is 66.7 Å². The summed E-state index contributed by atoms with van der Waals surface area (Å²) in [4.78, 5) is 27.5. The van der Waals surface area contributed by atoms with Gasteiger partial charge in [0.25, 0.3) is 11.6 Å². The number of rotatable bonds is 4. The molecule has 0 radical (unpaired) electrons. The van der Waals surface area contributed by atoms with Crippen LogP contribution in [-0.2, 0) is 0 Å². The van der Waals surface area contributed by atoms with Gasteiger partial charge < -0.3 is 5.32 Å². The molecule has 7 heteroatoms. The van der Waals surface area contributed by atoms with E-state index in [1.165, 1.54) is 18.2 Å². The van der Waals surface area contributed by atoms with Crippen molar-refractivity contribution in [1.29, 1.82) is 0 Å². The first-order valence-electron chi connectivity index (χ1n) is 8.54. The number of carbonyl (C=O) groups excluding carboxylic acids is 1. The number of nitrogens with one attached hydrogen (secondary N) is 1. The summed E-state index contributed by atoms with van der Waals surface area (Å²) in [6.45, 7) is 1.90. The van der Waals surface area contributed by atoms with Gasteiger partial charge in [0, 0.05) is 28.9 Å². The number of nitro benzene ring substituents is 1. The average Bonchev–Trinajstić information content (AvgIpc) is 3.13. The van der Waals surface area contributed by atoms with Gasteiger partial charge in [-0.3, -0.25) is 14.9 Å². The number of nitro groups is 1. The van der Waals surface area contributed by atoms with E-state index in [1.807, 2.05) is 49.4 Å². The molecule has 28 heavy (non-hydrogen) atoms. The van der Waals surface area contributed by atoms with Crippen LogP contribution in [-0.4, -0.2) is 15.8 Å². The molecule has 0 bridgehead atoms. The van der Waals surface area contributed by atoms with E-state index in [1.54, 1.807) is 17.4 Å². The van der Waals surface area contributed by atoms with Crippen molar-refractivity contribution in [1.82, 2.24) is 4.98 Å². The SMILES string of the molecule is Cc1cc(-c2nc3ccccc3s2)ccc1NC(=O)c1cccc([N+](=O)[O-])c1. The van der Waals surface area contributed by atoms with Gasteiger partial charge in [-0.05, 0) is 48.9 Å². The Kier molecular flexibility index (Phi) is 4.58. The summed E-state index contributed by atoms with van der Waals surface area (Å²) in [5, 5.41) is 14.6. The molecule has 0 aliphatic heterocycles. The molecule has 0 fully saturated rings. The van der Waals surface area contributed by atoms with Crippen molar-refractivity contribution < 1.29 is 9.72 Å². The highest BCUT2D eigenvalue weighted by atomic mass is 32.1. The lowest BCUT2D eigenvalue weighted by Gasteiger charge is -2.09. The molecule has 0 unspecified atom stereocenters. The summed E-state index contributed by atoms with van der Waals surface area (Å²) in [6, 6.07) is 19.3. The number of hydrogen-bond acceptors (Lipinski definition) is 5. The molecule has 0 atom stereocenters. The van der Waals surface area contributed by atoms with Crippen molar-refractivity contribution in [2.75, 3.05) is 5.32 Å². The van der Waals surface area contributed by atoms with Crippen LogP contribution in [0, 0.1) is 17.0 Å². The van der Waals surface area contributed by atoms with Gasteiger partial charge in [-0.2, -0.15) is 0 Å². The van der Waals surface area contributed by atoms with Crippen molar-refractivity contribution in [3.63, 3.8) is 0 Å². The van der Waals surface area contributed by atoms with Crippen molar-refractivity contribution in [2.24, 2.45) is 0 Å². The monoisotopic (exact) mass is 389 g/mol. The molecule has 0 spiro atoms. The van der Waals surface area contributed by atoms with Crippen molar-refractivity contribution in [3.05, 3.63) is 88.0 Å². The van der Waals surface area contributed by atoms with E-state index in [0.717, 1.165) is 26.4 Å². The van der Waals surface area contributed by atoms with Crippen molar-refractivity contribution >= 4 is 38.8 Å². The molecule has 4 aromatic rings. The van der Waals surface area contributed by atoms with Crippen LogP contribution in [0.1, 0.15) is 15.9 Å². The number of benzene rings is 3. The van der Waals surface area contributed by atoms with Crippen LogP contribution in [0.2, 0.25) is 0 Å². The Balaban J connectivity index is 1.58. The maximum atomic E-state index is 12.5. The summed E-state index contributed by atoms with van der Waals surface area (Å²) in [7, 11) is 0. The molecule has 3 aromatic carbocycles. The number of aryl methyl sites for hydroxylation is 1. The molecule has 4 rings (SSSR count). The number of fused-ring (bicyclic) bond motifs is 1. The highest BCUT2D eigenvalue weighted by molar-refractivity contribution is 7.21. The first kappa shape index (κ1) is 17.8. The van der Waals surface area contributed by atoms with Crippen LogP contribution in [0.3, 0.4) is 0 Å². The van der Waals surface area contributed by atoms with Crippen LogP contribution in [0.5, 0.6) is 0 Å². The zero-order chi connectivity index (χ0) is 19.7. The first-order valence-corrected chi connectivity index (χ1v) is 9.35. The molecule has 0 saturated carbocycles. The fourth-order valence-corrected chi connectivity index (χ4v) is 3.85. The third kappa shape index (κ3) is 3.47. The standard InChI is InChI=1S/C21H15N3O3S/c1-13-11-15(21-23-18-7-2-3-8-19(18)28-21)9-10-17(13)22-20(25)14-5-4-6-16(12-14)24(26)27/h2-12H,1H3,(H,22,25). The number of hydrogen-bond donors (Lipinski definition) is 1. The van der Waals surface area contributed by atoms with E-state index in [0.29, 0.717) is 5.69 Å². The van der Waals surface area contributed by atoms with Gasteiger partial charge in [-0.15, -0.1) is 11.3 Å².